The Morgan fingerprint density at radius 3 is 2.33 bits per heavy atom. The third-order valence-corrected chi connectivity index (χ3v) is 2.15. The van der Waals surface area contributed by atoms with Gasteiger partial charge in [0.25, 0.3) is 0 Å². The van der Waals surface area contributed by atoms with Crippen molar-refractivity contribution in [2.45, 2.75) is 31.9 Å². The van der Waals surface area contributed by atoms with Gasteiger partial charge in [0.1, 0.15) is 0 Å². The van der Waals surface area contributed by atoms with Gasteiger partial charge in [-0.1, -0.05) is 13.8 Å². The molecule has 0 amide bonds. The molecule has 1 nitrogen and oxygen atoms in total. The minimum atomic E-state index is 0.310. The maximum atomic E-state index is 8.47. The van der Waals surface area contributed by atoms with Crippen molar-refractivity contribution in [1.29, 1.82) is 0 Å². The summed E-state index contributed by atoms with van der Waals surface area (Å²) in [4.78, 5) is 0. The van der Waals surface area contributed by atoms with Gasteiger partial charge >= 0.3 is 0 Å². The summed E-state index contributed by atoms with van der Waals surface area (Å²) in [6.45, 7) is 4.56. The minimum absolute atomic E-state index is 0.310. The van der Waals surface area contributed by atoms with Gasteiger partial charge in [-0.3, -0.25) is 0 Å². The lowest BCUT2D eigenvalue weighted by molar-refractivity contribution is 0.274. The normalized spacial score (nSPS) is 17.3. The van der Waals surface area contributed by atoms with E-state index >= 15 is 0 Å². The smallest absolute Gasteiger partial charge is 0.0431 e. The van der Waals surface area contributed by atoms with Gasteiger partial charge in [-0.05, 0) is 18.8 Å². The second-order valence-electron chi connectivity index (χ2n) is 2.58. The van der Waals surface area contributed by atoms with E-state index in [1.807, 2.05) is 0 Å². The van der Waals surface area contributed by atoms with Crippen LogP contribution in [-0.2, 0) is 0 Å². The summed E-state index contributed by atoms with van der Waals surface area (Å²) >= 11 is 4.28. The Labute approximate surface area is 62.9 Å². The number of aliphatic hydroxyl groups is 1. The van der Waals surface area contributed by atoms with Crippen LogP contribution in [0.4, 0.5) is 0 Å². The van der Waals surface area contributed by atoms with E-state index in [9.17, 15) is 0 Å². The molecule has 0 aromatic carbocycles. The summed E-state index contributed by atoms with van der Waals surface area (Å²) in [7, 11) is 0. The molecule has 0 fully saturated rings. The Balaban J connectivity index is 3.16. The van der Waals surface area contributed by atoms with Crippen molar-refractivity contribution in [2.24, 2.45) is 5.92 Å². The largest absolute Gasteiger partial charge is 0.396 e. The van der Waals surface area contributed by atoms with Gasteiger partial charge in [0, 0.05) is 11.9 Å². The van der Waals surface area contributed by atoms with Crippen molar-refractivity contribution in [2.75, 3.05) is 6.61 Å². The molecule has 2 heteroatoms. The second kappa shape index (κ2) is 5.12. The summed E-state index contributed by atoms with van der Waals surface area (Å²) in [6, 6.07) is 0. The Morgan fingerprint density at radius 2 is 2.00 bits per heavy atom. The molecule has 1 N–H and O–H groups in total. The monoisotopic (exact) mass is 148 g/mol. The molecule has 2 atom stereocenters. The summed E-state index contributed by atoms with van der Waals surface area (Å²) in [5, 5.41) is 8.93. The van der Waals surface area contributed by atoms with Crippen LogP contribution in [0.25, 0.3) is 0 Å². The maximum absolute atomic E-state index is 8.47. The average molecular weight is 148 g/mol. The molecular weight excluding hydrogens is 132 g/mol. The van der Waals surface area contributed by atoms with Crippen molar-refractivity contribution >= 4 is 12.6 Å². The number of hydrogen-bond acceptors (Lipinski definition) is 2. The first-order valence-electron chi connectivity index (χ1n) is 3.47. The fourth-order valence-electron chi connectivity index (χ4n) is 0.654. The second-order valence-corrected chi connectivity index (χ2v) is 3.40. The molecule has 0 bridgehead atoms. The van der Waals surface area contributed by atoms with Crippen molar-refractivity contribution in [3.8, 4) is 0 Å². The summed E-state index contributed by atoms with van der Waals surface area (Å²) in [6.07, 6.45) is 1.99. The highest BCUT2D eigenvalue weighted by atomic mass is 32.1. The van der Waals surface area contributed by atoms with Gasteiger partial charge in [0.15, 0.2) is 0 Å². The zero-order valence-corrected chi connectivity index (χ0v) is 7.06. The lowest BCUT2D eigenvalue weighted by Crippen LogP contribution is -2.07. The van der Waals surface area contributed by atoms with Crippen LogP contribution in [0.2, 0.25) is 0 Å². The fraction of sp³-hybridized carbons (Fsp3) is 1.00. The molecule has 0 heterocycles. The van der Waals surface area contributed by atoms with Crippen molar-refractivity contribution < 1.29 is 5.11 Å². The van der Waals surface area contributed by atoms with E-state index in [1.165, 1.54) is 0 Å². The lowest BCUT2D eigenvalue weighted by Gasteiger charge is -2.12. The van der Waals surface area contributed by atoms with Crippen molar-refractivity contribution in [1.82, 2.24) is 0 Å². The molecular formula is C7H16OS. The standard InChI is InChI=1S/C7H16OS/c1-6(7(2)9)4-3-5-8/h6-9H,3-5H2,1-2H3. The third-order valence-electron chi connectivity index (χ3n) is 1.64. The molecule has 0 aliphatic carbocycles. The van der Waals surface area contributed by atoms with Gasteiger partial charge in [-0.15, -0.1) is 0 Å². The zero-order valence-electron chi connectivity index (χ0n) is 6.17. The molecule has 0 aliphatic heterocycles. The maximum Gasteiger partial charge on any atom is 0.0431 e. The van der Waals surface area contributed by atoms with Crippen LogP contribution in [-0.4, -0.2) is 17.0 Å². The van der Waals surface area contributed by atoms with E-state index in [1.54, 1.807) is 0 Å². The van der Waals surface area contributed by atoms with Crippen LogP contribution in [0.1, 0.15) is 26.7 Å². The zero-order chi connectivity index (χ0) is 7.28. The van der Waals surface area contributed by atoms with Gasteiger partial charge < -0.3 is 5.11 Å². The molecule has 0 rings (SSSR count). The topological polar surface area (TPSA) is 20.2 Å². The van der Waals surface area contributed by atoms with E-state index in [2.05, 4.69) is 26.5 Å². The predicted octanol–water partition coefficient (Wildman–Crippen LogP) is 1.71. The third kappa shape index (κ3) is 4.79. The SMILES string of the molecule is CC(S)C(C)CCCO. The average Bonchev–Trinajstić information content (AvgIpc) is 1.82. The fourth-order valence-corrected chi connectivity index (χ4v) is 0.804. The van der Waals surface area contributed by atoms with E-state index in [0.29, 0.717) is 17.8 Å². The van der Waals surface area contributed by atoms with Crippen molar-refractivity contribution in [3.05, 3.63) is 0 Å². The molecule has 0 aromatic rings. The van der Waals surface area contributed by atoms with Crippen LogP contribution in [0.5, 0.6) is 0 Å². The molecule has 9 heavy (non-hydrogen) atoms. The number of thiol groups is 1. The molecule has 0 radical (unpaired) electrons. The summed E-state index contributed by atoms with van der Waals surface area (Å²) in [5.41, 5.74) is 0. The summed E-state index contributed by atoms with van der Waals surface area (Å²) in [5.74, 6) is 0.625. The predicted molar refractivity (Wildman–Crippen MR) is 43.9 cm³/mol. The van der Waals surface area contributed by atoms with Crippen LogP contribution in [0, 0.1) is 5.92 Å². The lowest BCUT2D eigenvalue weighted by atomic mass is 10.0. The molecule has 0 aromatic heterocycles. The van der Waals surface area contributed by atoms with E-state index in [-0.39, 0.29) is 0 Å². The van der Waals surface area contributed by atoms with Gasteiger partial charge in [0.2, 0.25) is 0 Å². The molecule has 0 spiro atoms. The Hall–Kier alpha value is 0.310. The molecule has 0 saturated carbocycles. The van der Waals surface area contributed by atoms with Gasteiger partial charge in [0.05, 0.1) is 0 Å². The summed E-state index contributed by atoms with van der Waals surface area (Å²) < 4.78 is 0. The van der Waals surface area contributed by atoms with E-state index < -0.39 is 0 Å². The number of aliphatic hydroxyl groups excluding tert-OH is 1. The highest BCUT2D eigenvalue weighted by Crippen LogP contribution is 2.14. The van der Waals surface area contributed by atoms with Crippen LogP contribution >= 0.6 is 12.6 Å². The van der Waals surface area contributed by atoms with E-state index in [4.69, 9.17) is 5.11 Å². The highest BCUT2D eigenvalue weighted by molar-refractivity contribution is 7.80. The first-order chi connectivity index (χ1) is 4.18. The van der Waals surface area contributed by atoms with Gasteiger partial charge in [-0.25, -0.2) is 0 Å². The van der Waals surface area contributed by atoms with E-state index in [0.717, 1.165) is 12.8 Å². The molecule has 0 saturated heterocycles. The number of rotatable bonds is 4. The molecule has 0 aliphatic rings. The first kappa shape index (κ1) is 9.31. The van der Waals surface area contributed by atoms with Crippen molar-refractivity contribution in [3.63, 3.8) is 0 Å². The van der Waals surface area contributed by atoms with Crippen LogP contribution < -0.4 is 0 Å². The minimum Gasteiger partial charge on any atom is -0.396 e. The Morgan fingerprint density at radius 1 is 1.44 bits per heavy atom. The van der Waals surface area contributed by atoms with Crippen LogP contribution in [0.15, 0.2) is 0 Å². The van der Waals surface area contributed by atoms with Crippen LogP contribution in [0.3, 0.4) is 0 Å². The Bertz CT molecular complexity index is 63.9. The first-order valence-corrected chi connectivity index (χ1v) is 3.99. The molecule has 2 unspecified atom stereocenters. The Kier molecular flexibility index (Phi) is 5.30. The highest BCUT2D eigenvalue weighted by Gasteiger charge is 2.05. The van der Waals surface area contributed by atoms with Gasteiger partial charge in [-0.2, -0.15) is 12.6 Å². The quantitative estimate of drug-likeness (QED) is 0.582. The molecule has 56 valence electrons. The number of hydrogen-bond donors (Lipinski definition) is 2.